The minimum Gasteiger partial charge on any atom is -0.493 e. The van der Waals surface area contributed by atoms with E-state index in [0.717, 1.165) is 10.5 Å². The van der Waals surface area contributed by atoms with Crippen LogP contribution in [0.1, 0.15) is 27.4 Å². The van der Waals surface area contributed by atoms with Gasteiger partial charge in [-0.15, -0.1) is 0 Å². The van der Waals surface area contributed by atoms with Gasteiger partial charge in [0.25, 0.3) is 5.91 Å². The van der Waals surface area contributed by atoms with Crippen LogP contribution in [-0.2, 0) is 22.7 Å². The number of imide groups is 1. The van der Waals surface area contributed by atoms with Crippen LogP contribution in [0.15, 0.2) is 67.6 Å². The number of nitrogens with one attached hydrogen (secondary N) is 1. The molecule has 1 saturated heterocycles. The molecule has 0 bridgehead atoms. The fraction of sp³-hybridized carbons (Fsp3) is 0.160. The maximum absolute atomic E-state index is 13.0. The number of nitrogens with zero attached hydrogens (tertiary/aromatic N) is 1. The Labute approximate surface area is 223 Å². The van der Waals surface area contributed by atoms with Gasteiger partial charge in [-0.3, -0.25) is 9.69 Å². The van der Waals surface area contributed by atoms with Crippen LogP contribution >= 0.6 is 31.9 Å². The van der Waals surface area contributed by atoms with E-state index < -0.39 is 17.9 Å². The van der Waals surface area contributed by atoms with Gasteiger partial charge in [-0.25, -0.2) is 9.59 Å². The van der Waals surface area contributed by atoms with Gasteiger partial charge >= 0.3 is 12.0 Å². The number of rotatable bonds is 8. The monoisotopic (exact) mass is 618 g/mol. The maximum atomic E-state index is 13.0. The van der Waals surface area contributed by atoms with Gasteiger partial charge in [0.2, 0.25) is 5.76 Å². The Balaban J connectivity index is 1.56. The Morgan fingerprint density at radius 2 is 1.83 bits per heavy atom. The molecule has 4 rings (SSSR count). The summed E-state index contributed by atoms with van der Waals surface area (Å²) in [5.74, 6) is -0.0520. The summed E-state index contributed by atoms with van der Waals surface area (Å²) in [6.07, 6.45) is 1.53. The minimum absolute atomic E-state index is 0.0224. The third-order valence-electron chi connectivity index (χ3n) is 5.23. The molecule has 1 aliphatic rings. The molecule has 0 atom stereocenters. The molecule has 2 aromatic carbocycles. The largest absolute Gasteiger partial charge is 0.493 e. The predicted octanol–water partition coefficient (Wildman–Crippen LogP) is 5.27. The summed E-state index contributed by atoms with van der Waals surface area (Å²) in [6, 6.07) is 13.7. The summed E-state index contributed by atoms with van der Waals surface area (Å²) >= 11 is 7.07. The molecule has 0 unspecified atom stereocenters. The molecule has 186 valence electrons. The first kappa shape index (κ1) is 25.5. The fourth-order valence-corrected chi connectivity index (χ4v) is 4.37. The second-order valence-electron chi connectivity index (χ2n) is 7.54. The summed E-state index contributed by atoms with van der Waals surface area (Å²) in [5.41, 5.74) is 1.62. The normalized spacial score (nSPS) is 14.2. The van der Waals surface area contributed by atoms with E-state index in [2.05, 4.69) is 41.9 Å². The summed E-state index contributed by atoms with van der Waals surface area (Å²) in [4.78, 5) is 38.0. The standard InChI is InChI=1S/C25H20Br2N2O7/c1-33-19-11-15(20(26)21(27)22(19)35-13-14-6-4-3-5-7-14)10-17-23(30)29(25(32)28-17)12-16-8-9-18(36-16)24(31)34-2/h3-11H,12-13H2,1-2H3,(H,28,32)/b17-10-. The van der Waals surface area contributed by atoms with E-state index in [0.29, 0.717) is 32.6 Å². The van der Waals surface area contributed by atoms with Crippen LogP contribution in [0.3, 0.4) is 0 Å². The fourth-order valence-electron chi connectivity index (χ4n) is 3.43. The number of hydrogen-bond donors (Lipinski definition) is 1. The predicted molar refractivity (Wildman–Crippen MR) is 136 cm³/mol. The first-order valence-corrected chi connectivity index (χ1v) is 12.1. The lowest BCUT2D eigenvalue weighted by molar-refractivity contribution is -0.123. The Hall–Kier alpha value is -3.57. The van der Waals surface area contributed by atoms with Crippen LogP contribution in [0.2, 0.25) is 0 Å². The number of furan rings is 1. The molecule has 1 fully saturated rings. The summed E-state index contributed by atoms with van der Waals surface area (Å²) < 4.78 is 22.7. The van der Waals surface area contributed by atoms with Crippen LogP contribution in [0.5, 0.6) is 11.5 Å². The zero-order chi connectivity index (χ0) is 25.8. The third-order valence-corrected chi connectivity index (χ3v) is 7.37. The molecule has 2 heterocycles. The highest BCUT2D eigenvalue weighted by Crippen LogP contribution is 2.44. The molecule has 0 aliphatic carbocycles. The number of amides is 3. The van der Waals surface area contributed by atoms with Gasteiger partial charge in [-0.05, 0) is 67.3 Å². The molecule has 3 amide bonds. The van der Waals surface area contributed by atoms with Crippen LogP contribution < -0.4 is 14.8 Å². The minimum atomic E-state index is -0.653. The molecule has 3 aromatic rings. The number of carbonyl (C=O) groups is 3. The van der Waals surface area contributed by atoms with Crippen molar-refractivity contribution in [1.82, 2.24) is 10.2 Å². The zero-order valence-electron chi connectivity index (χ0n) is 19.2. The molecule has 11 heteroatoms. The van der Waals surface area contributed by atoms with Crippen LogP contribution in [0.4, 0.5) is 4.79 Å². The van der Waals surface area contributed by atoms with Crippen molar-refractivity contribution in [2.24, 2.45) is 0 Å². The van der Waals surface area contributed by atoms with E-state index in [1.165, 1.54) is 32.4 Å². The van der Waals surface area contributed by atoms with Crippen molar-refractivity contribution < 1.29 is 33.0 Å². The van der Waals surface area contributed by atoms with Crippen molar-refractivity contribution in [3.8, 4) is 11.5 Å². The van der Waals surface area contributed by atoms with E-state index >= 15 is 0 Å². The summed E-state index contributed by atoms with van der Waals surface area (Å²) in [5, 5.41) is 2.57. The number of hydrogen-bond acceptors (Lipinski definition) is 7. The van der Waals surface area contributed by atoms with Gasteiger partial charge in [0.15, 0.2) is 11.5 Å². The van der Waals surface area contributed by atoms with E-state index in [-0.39, 0.29) is 23.8 Å². The number of halogens is 2. The SMILES string of the molecule is COC(=O)c1ccc(CN2C(=O)N/C(=C\c3cc(OC)c(OCc4ccccc4)c(Br)c3Br)C2=O)o1. The maximum Gasteiger partial charge on any atom is 0.373 e. The van der Waals surface area contributed by atoms with Gasteiger partial charge in [-0.1, -0.05) is 30.3 Å². The van der Waals surface area contributed by atoms with Gasteiger partial charge in [0, 0.05) is 4.47 Å². The third kappa shape index (κ3) is 5.31. The smallest absolute Gasteiger partial charge is 0.373 e. The Morgan fingerprint density at radius 3 is 2.53 bits per heavy atom. The number of esters is 1. The average molecular weight is 620 g/mol. The first-order valence-electron chi connectivity index (χ1n) is 10.6. The van der Waals surface area contributed by atoms with Crippen molar-refractivity contribution in [1.29, 1.82) is 0 Å². The van der Waals surface area contributed by atoms with Crippen LogP contribution in [0.25, 0.3) is 6.08 Å². The number of ether oxygens (including phenoxy) is 3. The molecular formula is C25H20Br2N2O7. The average Bonchev–Trinajstić information content (AvgIpc) is 3.46. The lowest BCUT2D eigenvalue weighted by Gasteiger charge is -2.16. The number of urea groups is 1. The van der Waals surface area contributed by atoms with Gasteiger partial charge in [0.1, 0.15) is 18.1 Å². The lowest BCUT2D eigenvalue weighted by atomic mass is 10.1. The van der Waals surface area contributed by atoms with Crippen LogP contribution in [0, 0.1) is 0 Å². The van der Waals surface area contributed by atoms with E-state index in [1.54, 1.807) is 6.07 Å². The Bertz CT molecular complexity index is 1350. The second-order valence-corrected chi connectivity index (χ2v) is 9.12. The lowest BCUT2D eigenvalue weighted by Crippen LogP contribution is -2.30. The molecule has 1 aromatic heterocycles. The van der Waals surface area contributed by atoms with Gasteiger partial charge < -0.3 is 23.9 Å². The molecule has 1 N–H and O–H groups in total. The van der Waals surface area contributed by atoms with Crippen molar-refractivity contribution in [2.75, 3.05) is 14.2 Å². The Morgan fingerprint density at radius 1 is 1.08 bits per heavy atom. The summed E-state index contributed by atoms with van der Waals surface area (Å²) in [7, 11) is 2.74. The first-order chi connectivity index (χ1) is 17.3. The van der Waals surface area contributed by atoms with Crippen molar-refractivity contribution in [3.05, 3.63) is 85.8 Å². The highest BCUT2D eigenvalue weighted by atomic mass is 79.9. The van der Waals surface area contributed by atoms with Crippen molar-refractivity contribution in [2.45, 2.75) is 13.2 Å². The molecular weight excluding hydrogens is 600 g/mol. The highest BCUT2D eigenvalue weighted by molar-refractivity contribution is 9.13. The van der Waals surface area contributed by atoms with E-state index in [4.69, 9.17) is 13.9 Å². The number of carbonyl (C=O) groups excluding carboxylic acids is 3. The molecule has 0 saturated carbocycles. The highest BCUT2D eigenvalue weighted by Gasteiger charge is 2.34. The van der Waals surface area contributed by atoms with Crippen molar-refractivity contribution in [3.63, 3.8) is 0 Å². The number of methoxy groups -OCH3 is 2. The topological polar surface area (TPSA) is 107 Å². The molecule has 0 spiro atoms. The van der Waals surface area contributed by atoms with Crippen LogP contribution in [-0.4, -0.2) is 37.0 Å². The quantitative estimate of drug-likeness (QED) is 0.208. The molecule has 1 aliphatic heterocycles. The summed E-state index contributed by atoms with van der Waals surface area (Å²) in [6.45, 7) is 0.177. The van der Waals surface area contributed by atoms with E-state index in [1.807, 2.05) is 30.3 Å². The zero-order valence-corrected chi connectivity index (χ0v) is 22.3. The molecule has 36 heavy (non-hydrogen) atoms. The molecule has 9 nitrogen and oxygen atoms in total. The van der Waals surface area contributed by atoms with Crippen molar-refractivity contribution >= 4 is 55.8 Å². The number of benzene rings is 2. The Kier molecular flexibility index (Phi) is 7.80. The van der Waals surface area contributed by atoms with Gasteiger partial charge in [0.05, 0.1) is 25.2 Å². The second kappa shape index (κ2) is 11.0. The molecule has 0 radical (unpaired) electrons. The van der Waals surface area contributed by atoms with E-state index in [9.17, 15) is 14.4 Å². The van der Waals surface area contributed by atoms with Gasteiger partial charge in [-0.2, -0.15) is 0 Å².